The van der Waals surface area contributed by atoms with Gasteiger partial charge < -0.3 is 19.8 Å². The Kier molecular flexibility index (Phi) is 5.21. The smallest absolute Gasteiger partial charge is 0.341 e. The van der Waals surface area contributed by atoms with Gasteiger partial charge in [0, 0.05) is 4.88 Å². The summed E-state index contributed by atoms with van der Waals surface area (Å²) in [7, 11) is 1.31. The van der Waals surface area contributed by atoms with E-state index in [-0.39, 0.29) is 18.6 Å². The highest BCUT2D eigenvalue weighted by atomic mass is 32.1. The fourth-order valence-electron chi connectivity index (χ4n) is 1.97. The van der Waals surface area contributed by atoms with Crippen molar-refractivity contribution in [3.63, 3.8) is 0 Å². The molecule has 0 aliphatic heterocycles. The maximum atomic E-state index is 11.9. The fourth-order valence-corrected chi connectivity index (χ4v) is 2.70. The zero-order chi connectivity index (χ0) is 16.1. The van der Waals surface area contributed by atoms with Gasteiger partial charge in [0.05, 0.1) is 19.7 Å². The number of carbonyl (C=O) groups excluding carboxylic acids is 2. The lowest BCUT2D eigenvalue weighted by molar-refractivity contribution is 0.0598. The Morgan fingerprint density at radius 3 is 2.86 bits per heavy atom. The van der Waals surface area contributed by atoms with Gasteiger partial charge in [-0.05, 0) is 31.4 Å². The van der Waals surface area contributed by atoms with Gasteiger partial charge in [-0.3, -0.25) is 0 Å². The van der Waals surface area contributed by atoms with Crippen molar-refractivity contribution >= 4 is 23.3 Å². The maximum absolute atomic E-state index is 11.9. The number of hydrogen-bond donors (Lipinski definition) is 2. The zero-order valence-electron chi connectivity index (χ0n) is 12.6. The second-order valence-corrected chi connectivity index (χ2v) is 5.72. The Labute approximate surface area is 132 Å². The maximum Gasteiger partial charge on any atom is 0.341 e. The van der Waals surface area contributed by atoms with Gasteiger partial charge in [-0.2, -0.15) is 0 Å². The monoisotopic (exact) mass is 322 g/mol. The summed E-state index contributed by atoms with van der Waals surface area (Å²) in [6, 6.07) is 5.12. The Hall–Kier alpha value is -2.28. The lowest BCUT2D eigenvalue weighted by Gasteiger charge is -2.12. The van der Waals surface area contributed by atoms with Crippen molar-refractivity contribution in [3.8, 4) is 0 Å². The van der Waals surface area contributed by atoms with E-state index >= 15 is 0 Å². The van der Waals surface area contributed by atoms with E-state index < -0.39 is 5.97 Å². The third-order valence-electron chi connectivity index (χ3n) is 3.11. The number of carbonyl (C=O) groups is 2. The third kappa shape index (κ3) is 3.88. The van der Waals surface area contributed by atoms with Crippen molar-refractivity contribution in [3.05, 3.63) is 45.5 Å². The molecule has 0 radical (unpaired) electrons. The Morgan fingerprint density at radius 2 is 2.23 bits per heavy atom. The number of urea groups is 1. The number of methoxy groups -OCH3 is 1. The molecule has 0 unspecified atom stereocenters. The van der Waals surface area contributed by atoms with Gasteiger partial charge in [-0.15, -0.1) is 11.3 Å². The lowest BCUT2D eigenvalue weighted by Crippen LogP contribution is -2.36. The van der Waals surface area contributed by atoms with Gasteiger partial charge in [0.2, 0.25) is 0 Å². The molecule has 0 aromatic carbocycles. The molecule has 0 bridgehead atoms. The Balaban J connectivity index is 1.87. The molecule has 0 fully saturated rings. The minimum Gasteiger partial charge on any atom is -0.465 e. The van der Waals surface area contributed by atoms with E-state index in [1.165, 1.54) is 7.11 Å². The first-order chi connectivity index (χ1) is 10.5. The predicted octanol–water partition coefficient (Wildman–Crippen LogP) is 3.00. The van der Waals surface area contributed by atoms with Crippen molar-refractivity contribution in [1.29, 1.82) is 0 Å². The van der Waals surface area contributed by atoms with E-state index in [4.69, 9.17) is 4.42 Å². The molecule has 0 spiro atoms. The highest BCUT2D eigenvalue weighted by molar-refractivity contribution is 7.10. The van der Waals surface area contributed by atoms with Crippen molar-refractivity contribution in [2.24, 2.45) is 0 Å². The van der Waals surface area contributed by atoms with Crippen LogP contribution in [0.1, 0.15) is 39.7 Å². The number of rotatable bonds is 5. The fraction of sp³-hybridized carbons (Fsp3) is 0.333. The minimum absolute atomic E-state index is 0.0658. The van der Waals surface area contributed by atoms with Crippen LogP contribution < -0.4 is 10.6 Å². The average molecular weight is 322 g/mol. The summed E-state index contributed by atoms with van der Waals surface area (Å²) in [5.41, 5.74) is 0.367. The summed E-state index contributed by atoms with van der Waals surface area (Å²) < 4.78 is 10.1. The van der Waals surface area contributed by atoms with E-state index in [0.717, 1.165) is 4.88 Å². The highest BCUT2D eigenvalue weighted by Crippen LogP contribution is 2.18. The molecule has 7 heteroatoms. The molecule has 2 N–H and O–H groups in total. The molecule has 22 heavy (non-hydrogen) atoms. The number of furan rings is 1. The Bertz CT molecular complexity index is 649. The first kappa shape index (κ1) is 16.1. The predicted molar refractivity (Wildman–Crippen MR) is 82.9 cm³/mol. The number of ether oxygens (including phenoxy) is 1. The van der Waals surface area contributed by atoms with Gasteiger partial charge in [0.25, 0.3) is 0 Å². The summed E-state index contributed by atoms with van der Waals surface area (Å²) in [6.07, 6.45) is 0. The molecular formula is C15H18N2O4S. The molecule has 2 aromatic rings. The highest BCUT2D eigenvalue weighted by Gasteiger charge is 2.16. The minimum atomic E-state index is -0.455. The van der Waals surface area contributed by atoms with Crippen molar-refractivity contribution < 1.29 is 18.7 Å². The van der Waals surface area contributed by atoms with Crippen molar-refractivity contribution in [2.45, 2.75) is 26.4 Å². The van der Waals surface area contributed by atoms with E-state index in [9.17, 15) is 9.59 Å². The molecule has 2 aromatic heterocycles. The number of aryl methyl sites for hydroxylation is 1. The van der Waals surface area contributed by atoms with Gasteiger partial charge >= 0.3 is 12.0 Å². The SMILES string of the molecule is COC(=O)c1cc(CNC(=O)N[C@H](C)c2cccs2)oc1C. The first-order valence-electron chi connectivity index (χ1n) is 6.76. The molecule has 1 atom stereocenters. The Morgan fingerprint density at radius 1 is 1.45 bits per heavy atom. The van der Waals surface area contributed by atoms with E-state index in [0.29, 0.717) is 17.1 Å². The van der Waals surface area contributed by atoms with E-state index in [1.807, 2.05) is 24.4 Å². The first-order valence-corrected chi connectivity index (χ1v) is 7.64. The number of esters is 1. The van der Waals surface area contributed by atoms with Crippen LogP contribution in [-0.2, 0) is 11.3 Å². The van der Waals surface area contributed by atoms with Crippen LogP contribution in [-0.4, -0.2) is 19.1 Å². The molecule has 0 saturated heterocycles. The number of thiophene rings is 1. The van der Waals surface area contributed by atoms with Crippen LogP contribution in [0.3, 0.4) is 0 Å². The van der Waals surface area contributed by atoms with Gasteiger partial charge in [-0.25, -0.2) is 9.59 Å². The molecule has 2 heterocycles. The van der Waals surface area contributed by atoms with Crippen LogP contribution in [0.25, 0.3) is 0 Å². The normalized spacial score (nSPS) is 11.8. The summed E-state index contributed by atoms with van der Waals surface area (Å²) in [5, 5.41) is 7.50. The zero-order valence-corrected chi connectivity index (χ0v) is 13.5. The number of hydrogen-bond acceptors (Lipinski definition) is 5. The topological polar surface area (TPSA) is 80.6 Å². The summed E-state index contributed by atoms with van der Waals surface area (Å²) in [5.74, 6) is 0.510. The summed E-state index contributed by atoms with van der Waals surface area (Å²) >= 11 is 1.59. The third-order valence-corrected chi connectivity index (χ3v) is 4.17. The quantitative estimate of drug-likeness (QED) is 0.829. The molecule has 6 nitrogen and oxygen atoms in total. The van der Waals surface area contributed by atoms with Gasteiger partial charge in [0.15, 0.2) is 0 Å². The molecule has 2 amide bonds. The van der Waals surface area contributed by atoms with Crippen LogP contribution in [0.4, 0.5) is 4.79 Å². The van der Waals surface area contributed by atoms with Crippen LogP contribution in [0.2, 0.25) is 0 Å². The van der Waals surface area contributed by atoms with Crippen LogP contribution in [0, 0.1) is 6.92 Å². The van der Waals surface area contributed by atoms with Gasteiger partial charge in [-0.1, -0.05) is 6.07 Å². The molecule has 0 aliphatic rings. The van der Waals surface area contributed by atoms with E-state index in [1.54, 1.807) is 24.3 Å². The number of amides is 2. The van der Waals surface area contributed by atoms with Crippen LogP contribution in [0.5, 0.6) is 0 Å². The average Bonchev–Trinajstić information content (AvgIpc) is 3.14. The van der Waals surface area contributed by atoms with Crippen molar-refractivity contribution in [1.82, 2.24) is 10.6 Å². The number of nitrogens with one attached hydrogen (secondary N) is 2. The summed E-state index contributed by atoms with van der Waals surface area (Å²) in [6.45, 7) is 3.79. The molecule has 2 rings (SSSR count). The standard InChI is InChI=1S/C15H18N2O4S/c1-9(13-5-4-6-22-13)17-15(19)16-8-11-7-12(10(2)21-11)14(18)20-3/h4-7,9H,8H2,1-3H3,(H2,16,17,19)/t9-/m1/s1. The second-order valence-electron chi connectivity index (χ2n) is 4.74. The summed E-state index contributed by atoms with van der Waals surface area (Å²) in [4.78, 5) is 24.4. The molecule has 0 saturated carbocycles. The van der Waals surface area contributed by atoms with Crippen molar-refractivity contribution in [2.75, 3.05) is 7.11 Å². The van der Waals surface area contributed by atoms with Crippen LogP contribution >= 0.6 is 11.3 Å². The molecule has 0 aliphatic carbocycles. The lowest BCUT2D eigenvalue weighted by atomic mass is 10.2. The van der Waals surface area contributed by atoms with Gasteiger partial charge in [0.1, 0.15) is 17.1 Å². The van der Waals surface area contributed by atoms with E-state index in [2.05, 4.69) is 15.4 Å². The molecule has 118 valence electrons. The van der Waals surface area contributed by atoms with Crippen LogP contribution in [0.15, 0.2) is 28.0 Å². The molecular weight excluding hydrogens is 304 g/mol. The second kappa shape index (κ2) is 7.13. The largest absolute Gasteiger partial charge is 0.465 e.